The molecule has 0 amide bonds. The van der Waals surface area contributed by atoms with Gasteiger partial charge in [-0.2, -0.15) is 0 Å². The molecule has 0 aliphatic heterocycles. The van der Waals surface area contributed by atoms with Gasteiger partial charge in [0.15, 0.2) is 0 Å². The molecule has 0 bridgehead atoms. The molecule has 0 aromatic heterocycles. The van der Waals surface area contributed by atoms with Crippen molar-refractivity contribution in [3.05, 3.63) is 35.9 Å². The summed E-state index contributed by atoms with van der Waals surface area (Å²) in [5.41, 5.74) is 0.344. The molecule has 0 heterocycles. The number of benzene rings is 1. The highest BCUT2D eigenvalue weighted by molar-refractivity contribution is 5.89. The predicted molar refractivity (Wildman–Crippen MR) is 132 cm³/mol. The third kappa shape index (κ3) is 4.03. The highest BCUT2D eigenvalue weighted by Gasteiger charge is 2.64. The molecule has 9 atom stereocenters. The minimum absolute atomic E-state index is 0.0395. The van der Waals surface area contributed by atoms with E-state index in [0.29, 0.717) is 41.4 Å². The number of esters is 2. The lowest BCUT2D eigenvalue weighted by molar-refractivity contribution is -0.168. The SMILES string of the molecule is CC(=O)OC(C)C1CCC2C3CCC4CC(OC(=O)c5ccccc5)CCC4(C)C3CC(=O)C12C. The number of hydrogen-bond donors (Lipinski definition) is 0. The molecule has 9 unspecified atom stereocenters. The van der Waals surface area contributed by atoms with Crippen LogP contribution >= 0.6 is 0 Å². The molecule has 0 spiro atoms. The van der Waals surface area contributed by atoms with Gasteiger partial charge in [0.25, 0.3) is 0 Å². The number of fused-ring (bicyclic) bond motifs is 5. The topological polar surface area (TPSA) is 69.7 Å². The van der Waals surface area contributed by atoms with Crippen molar-refractivity contribution < 1.29 is 23.9 Å². The Hall–Kier alpha value is -2.17. The average molecular weight is 481 g/mol. The number of ketones is 1. The third-order valence-corrected chi connectivity index (χ3v) is 10.8. The van der Waals surface area contributed by atoms with Crippen LogP contribution in [-0.4, -0.2) is 29.9 Å². The van der Waals surface area contributed by atoms with Crippen LogP contribution in [-0.2, 0) is 19.1 Å². The van der Waals surface area contributed by atoms with E-state index in [-0.39, 0.29) is 40.9 Å². The van der Waals surface area contributed by atoms with Crippen molar-refractivity contribution in [3.8, 4) is 0 Å². The first-order chi connectivity index (χ1) is 16.6. The Balaban J connectivity index is 1.30. The van der Waals surface area contributed by atoms with Crippen LogP contribution in [0.4, 0.5) is 0 Å². The molecule has 4 saturated carbocycles. The second-order valence-electron chi connectivity index (χ2n) is 12.2. The van der Waals surface area contributed by atoms with Gasteiger partial charge < -0.3 is 9.47 Å². The first-order valence-corrected chi connectivity index (χ1v) is 13.6. The molecule has 0 saturated heterocycles. The van der Waals surface area contributed by atoms with E-state index in [9.17, 15) is 14.4 Å². The molecule has 4 fully saturated rings. The Bertz CT molecular complexity index is 988. The number of carbonyl (C=O) groups excluding carboxylic acids is 3. The highest BCUT2D eigenvalue weighted by Crippen LogP contribution is 2.67. The first-order valence-electron chi connectivity index (χ1n) is 13.6. The second-order valence-corrected chi connectivity index (χ2v) is 12.2. The van der Waals surface area contributed by atoms with Crippen LogP contribution in [0.2, 0.25) is 0 Å². The van der Waals surface area contributed by atoms with Gasteiger partial charge in [0.2, 0.25) is 0 Å². The van der Waals surface area contributed by atoms with Crippen molar-refractivity contribution in [2.45, 2.75) is 91.3 Å². The van der Waals surface area contributed by atoms with E-state index in [2.05, 4.69) is 13.8 Å². The van der Waals surface area contributed by atoms with Crippen molar-refractivity contribution in [3.63, 3.8) is 0 Å². The third-order valence-electron chi connectivity index (χ3n) is 10.8. The number of ether oxygens (including phenoxy) is 2. The van der Waals surface area contributed by atoms with Crippen LogP contribution in [0.3, 0.4) is 0 Å². The van der Waals surface area contributed by atoms with Crippen molar-refractivity contribution >= 4 is 17.7 Å². The minimum Gasteiger partial charge on any atom is -0.463 e. The molecule has 5 nitrogen and oxygen atoms in total. The van der Waals surface area contributed by atoms with Gasteiger partial charge >= 0.3 is 11.9 Å². The fourth-order valence-electron chi connectivity index (χ4n) is 8.96. The molecule has 5 heteroatoms. The molecule has 5 rings (SSSR count). The Morgan fingerprint density at radius 2 is 1.74 bits per heavy atom. The predicted octanol–water partition coefficient (Wildman–Crippen LogP) is 6.00. The quantitative estimate of drug-likeness (QED) is 0.494. The molecule has 0 radical (unpaired) electrons. The van der Waals surface area contributed by atoms with Gasteiger partial charge in [0.1, 0.15) is 18.0 Å². The molecule has 4 aliphatic carbocycles. The Morgan fingerprint density at radius 1 is 1.00 bits per heavy atom. The van der Waals surface area contributed by atoms with Gasteiger partial charge in [-0.1, -0.05) is 32.0 Å². The van der Waals surface area contributed by atoms with Gasteiger partial charge in [-0.3, -0.25) is 9.59 Å². The fraction of sp³-hybridized carbons (Fsp3) is 0.700. The summed E-state index contributed by atoms with van der Waals surface area (Å²) in [5.74, 6) is 1.83. The maximum absolute atomic E-state index is 13.8. The summed E-state index contributed by atoms with van der Waals surface area (Å²) in [5, 5.41) is 0. The summed E-state index contributed by atoms with van der Waals surface area (Å²) in [4.78, 5) is 38.1. The maximum Gasteiger partial charge on any atom is 0.338 e. The van der Waals surface area contributed by atoms with E-state index in [4.69, 9.17) is 9.47 Å². The smallest absolute Gasteiger partial charge is 0.338 e. The van der Waals surface area contributed by atoms with E-state index in [1.807, 2.05) is 37.3 Å². The van der Waals surface area contributed by atoms with E-state index >= 15 is 0 Å². The summed E-state index contributed by atoms with van der Waals surface area (Å²) < 4.78 is 11.5. The van der Waals surface area contributed by atoms with Crippen LogP contribution in [0.1, 0.15) is 89.4 Å². The van der Waals surface area contributed by atoms with Crippen molar-refractivity contribution in [1.29, 1.82) is 0 Å². The van der Waals surface area contributed by atoms with Gasteiger partial charge in [-0.05, 0) is 93.1 Å². The highest BCUT2D eigenvalue weighted by atomic mass is 16.5. The Morgan fingerprint density at radius 3 is 2.46 bits per heavy atom. The standard InChI is InChI=1S/C30H40O5/c1-18(34-19(2)31)24-12-13-25-23-11-10-21-16-22(35-28(33)20-8-6-5-7-9-20)14-15-29(21,3)26(23)17-27(32)30(24,25)4/h5-9,18,21-26H,10-17H2,1-4H3. The Labute approximate surface area is 209 Å². The lowest BCUT2D eigenvalue weighted by atomic mass is 9.44. The summed E-state index contributed by atoms with van der Waals surface area (Å²) in [6.07, 6.45) is 7.47. The summed E-state index contributed by atoms with van der Waals surface area (Å²) in [6.45, 7) is 8.00. The molecule has 0 N–H and O–H groups in total. The summed E-state index contributed by atoms with van der Waals surface area (Å²) in [6, 6.07) is 9.25. The maximum atomic E-state index is 13.8. The van der Waals surface area contributed by atoms with Gasteiger partial charge in [-0.25, -0.2) is 4.79 Å². The number of rotatable bonds is 4. The zero-order chi connectivity index (χ0) is 25.0. The molecule has 1 aromatic rings. The van der Waals surface area contributed by atoms with Gasteiger partial charge in [0.05, 0.1) is 5.56 Å². The lowest BCUT2D eigenvalue weighted by Gasteiger charge is -2.60. The molecular weight excluding hydrogens is 440 g/mol. The molecule has 190 valence electrons. The van der Waals surface area contributed by atoms with Crippen LogP contribution in [0, 0.1) is 40.4 Å². The molecular formula is C30H40O5. The normalized spacial score (nSPS) is 41.2. The van der Waals surface area contributed by atoms with Crippen LogP contribution in [0.25, 0.3) is 0 Å². The largest absolute Gasteiger partial charge is 0.463 e. The average Bonchev–Trinajstić information content (AvgIpc) is 3.19. The van der Waals surface area contributed by atoms with Crippen molar-refractivity contribution in [1.82, 2.24) is 0 Å². The van der Waals surface area contributed by atoms with Crippen molar-refractivity contribution in [2.75, 3.05) is 0 Å². The van der Waals surface area contributed by atoms with Crippen LogP contribution in [0.5, 0.6) is 0 Å². The van der Waals surface area contributed by atoms with E-state index in [1.54, 1.807) is 0 Å². The zero-order valence-corrected chi connectivity index (χ0v) is 21.6. The van der Waals surface area contributed by atoms with E-state index in [0.717, 1.165) is 44.9 Å². The Kier molecular flexibility index (Phi) is 6.34. The van der Waals surface area contributed by atoms with Gasteiger partial charge in [-0.15, -0.1) is 0 Å². The molecule has 4 aliphatic rings. The zero-order valence-electron chi connectivity index (χ0n) is 21.6. The number of Topliss-reactive ketones (excluding diaryl/α,β-unsaturated/α-hetero) is 1. The lowest BCUT2D eigenvalue weighted by Crippen LogP contribution is -2.58. The number of carbonyl (C=O) groups is 3. The van der Waals surface area contributed by atoms with E-state index in [1.165, 1.54) is 6.92 Å². The minimum atomic E-state index is -0.387. The molecule has 1 aromatic carbocycles. The summed E-state index contributed by atoms with van der Waals surface area (Å²) in [7, 11) is 0. The monoisotopic (exact) mass is 480 g/mol. The van der Waals surface area contributed by atoms with Gasteiger partial charge in [0, 0.05) is 24.7 Å². The first kappa shape index (κ1) is 24.5. The van der Waals surface area contributed by atoms with Crippen LogP contribution < -0.4 is 0 Å². The van der Waals surface area contributed by atoms with E-state index < -0.39 is 0 Å². The fourth-order valence-corrected chi connectivity index (χ4v) is 8.96. The van der Waals surface area contributed by atoms with Crippen molar-refractivity contribution in [2.24, 2.45) is 40.4 Å². The second kappa shape index (κ2) is 9.05. The summed E-state index contributed by atoms with van der Waals surface area (Å²) >= 11 is 0. The number of hydrogen-bond acceptors (Lipinski definition) is 5. The molecule has 35 heavy (non-hydrogen) atoms. The van der Waals surface area contributed by atoms with Crippen LogP contribution in [0.15, 0.2) is 30.3 Å².